The van der Waals surface area contributed by atoms with Gasteiger partial charge in [-0.15, -0.1) is 11.3 Å². The number of hydrogen-bond acceptors (Lipinski definition) is 5. The van der Waals surface area contributed by atoms with E-state index in [2.05, 4.69) is 38.0 Å². The Bertz CT molecular complexity index is 414. The molecular formula is C14H24N2O2S. The third-order valence-electron chi connectivity index (χ3n) is 3.50. The van der Waals surface area contributed by atoms with E-state index < -0.39 is 0 Å². The summed E-state index contributed by atoms with van der Waals surface area (Å²) in [4.78, 5) is 7.08. The molecule has 2 rings (SSSR count). The van der Waals surface area contributed by atoms with Crippen LogP contribution in [0.5, 0.6) is 0 Å². The average Bonchev–Trinajstić information content (AvgIpc) is 2.80. The topological polar surface area (TPSA) is 45.6 Å². The molecule has 1 aromatic rings. The summed E-state index contributed by atoms with van der Waals surface area (Å²) >= 11 is 1.72. The number of aliphatic hydroxyl groups is 1. The van der Waals surface area contributed by atoms with Gasteiger partial charge < -0.3 is 9.84 Å². The molecule has 1 N–H and O–H groups in total. The van der Waals surface area contributed by atoms with Crippen molar-refractivity contribution >= 4 is 11.3 Å². The monoisotopic (exact) mass is 284 g/mol. The molecule has 2 atom stereocenters. The van der Waals surface area contributed by atoms with Crippen molar-refractivity contribution < 1.29 is 9.84 Å². The summed E-state index contributed by atoms with van der Waals surface area (Å²) in [7, 11) is 0. The van der Waals surface area contributed by atoms with Crippen LogP contribution in [0, 0.1) is 0 Å². The van der Waals surface area contributed by atoms with Crippen LogP contribution in [0.3, 0.4) is 0 Å². The van der Waals surface area contributed by atoms with E-state index >= 15 is 0 Å². The van der Waals surface area contributed by atoms with Crippen LogP contribution in [-0.2, 0) is 16.7 Å². The summed E-state index contributed by atoms with van der Waals surface area (Å²) in [6.07, 6.45) is -0.0572. The van der Waals surface area contributed by atoms with Crippen LogP contribution < -0.4 is 0 Å². The standard InChI is InChI=1S/C14H24N2O2S/c1-10-8-18-11(7-17)5-16(10)6-13-15-12(9-19-13)14(2,3)4/h9-11,17H,5-8H2,1-4H3. The summed E-state index contributed by atoms with van der Waals surface area (Å²) in [5, 5.41) is 12.5. The van der Waals surface area contributed by atoms with E-state index in [1.54, 1.807) is 11.3 Å². The van der Waals surface area contributed by atoms with Crippen molar-refractivity contribution in [1.29, 1.82) is 0 Å². The SMILES string of the molecule is CC1COC(CO)CN1Cc1nc(C(C)(C)C)cs1. The van der Waals surface area contributed by atoms with Crippen LogP contribution in [0.25, 0.3) is 0 Å². The van der Waals surface area contributed by atoms with E-state index in [-0.39, 0.29) is 18.1 Å². The van der Waals surface area contributed by atoms with Crippen molar-refractivity contribution in [3.05, 3.63) is 16.1 Å². The second-order valence-electron chi connectivity index (χ2n) is 6.29. The van der Waals surface area contributed by atoms with Gasteiger partial charge in [-0.05, 0) is 6.92 Å². The molecule has 0 saturated carbocycles. The van der Waals surface area contributed by atoms with Gasteiger partial charge >= 0.3 is 0 Å². The molecule has 2 unspecified atom stereocenters. The zero-order valence-corrected chi connectivity index (χ0v) is 13.0. The van der Waals surface area contributed by atoms with Crippen LogP contribution >= 0.6 is 11.3 Å². The van der Waals surface area contributed by atoms with Gasteiger partial charge in [0.05, 0.1) is 31.6 Å². The van der Waals surface area contributed by atoms with Crippen molar-refractivity contribution in [1.82, 2.24) is 9.88 Å². The first-order valence-electron chi connectivity index (χ1n) is 6.81. The molecule has 1 aliphatic rings. The van der Waals surface area contributed by atoms with E-state index in [1.807, 2.05) is 0 Å². The molecule has 1 aliphatic heterocycles. The lowest BCUT2D eigenvalue weighted by molar-refractivity contribution is -0.0805. The van der Waals surface area contributed by atoms with Crippen LogP contribution in [0.2, 0.25) is 0 Å². The lowest BCUT2D eigenvalue weighted by Crippen LogP contribution is -2.48. The Hall–Kier alpha value is -0.490. The van der Waals surface area contributed by atoms with Gasteiger partial charge in [-0.2, -0.15) is 0 Å². The molecule has 2 heterocycles. The zero-order valence-electron chi connectivity index (χ0n) is 12.2. The lowest BCUT2D eigenvalue weighted by atomic mass is 9.93. The maximum absolute atomic E-state index is 9.21. The Labute approximate surface area is 119 Å². The number of hydrogen-bond donors (Lipinski definition) is 1. The molecule has 4 nitrogen and oxygen atoms in total. The van der Waals surface area contributed by atoms with Gasteiger partial charge in [-0.1, -0.05) is 20.8 Å². The van der Waals surface area contributed by atoms with Crippen molar-refractivity contribution in [3.63, 3.8) is 0 Å². The maximum atomic E-state index is 9.21. The summed E-state index contributed by atoms with van der Waals surface area (Å²) in [5.74, 6) is 0. The molecule has 1 aromatic heterocycles. The fourth-order valence-corrected chi connectivity index (χ4v) is 3.15. The number of aliphatic hydroxyl groups excluding tert-OH is 1. The predicted molar refractivity (Wildman–Crippen MR) is 77.5 cm³/mol. The highest BCUT2D eigenvalue weighted by Crippen LogP contribution is 2.25. The molecule has 5 heteroatoms. The average molecular weight is 284 g/mol. The fraction of sp³-hybridized carbons (Fsp3) is 0.786. The molecular weight excluding hydrogens is 260 g/mol. The highest BCUT2D eigenvalue weighted by molar-refractivity contribution is 7.09. The van der Waals surface area contributed by atoms with E-state index in [0.29, 0.717) is 12.6 Å². The Kier molecular flexibility index (Phi) is 4.61. The summed E-state index contributed by atoms with van der Waals surface area (Å²) in [5.41, 5.74) is 1.27. The van der Waals surface area contributed by atoms with Crippen molar-refractivity contribution in [3.8, 4) is 0 Å². The molecule has 0 amide bonds. The second-order valence-corrected chi connectivity index (χ2v) is 7.24. The number of ether oxygens (including phenoxy) is 1. The van der Waals surface area contributed by atoms with Crippen LogP contribution in [0.1, 0.15) is 38.4 Å². The van der Waals surface area contributed by atoms with Gasteiger partial charge in [0.25, 0.3) is 0 Å². The Morgan fingerprint density at radius 2 is 2.26 bits per heavy atom. The number of nitrogens with zero attached hydrogens (tertiary/aromatic N) is 2. The highest BCUT2D eigenvalue weighted by atomic mass is 32.1. The molecule has 1 fully saturated rings. The van der Waals surface area contributed by atoms with Crippen LogP contribution in [-0.4, -0.2) is 46.9 Å². The normalized spacial score (nSPS) is 25.7. The number of thiazole rings is 1. The summed E-state index contributed by atoms with van der Waals surface area (Å²) in [6.45, 7) is 11.1. The molecule has 108 valence electrons. The van der Waals surface area contributed by atoms with Gasteiger partial charge in [-0.25, -0.2) is 4.98 Å². The molecule has 0 radical (unpaired) electrons. The third kappa shape index (κ3) is 3.75. The third-order valence-corrected chi connectivity index (χ3v) is 4.33. The molecule has 19 heavy (non-hydrogen) atoms. The van der Waals surface area contributed by atoms with Crippen molar-refractivity contribution in [2.24, 2.45) is 0 Å². The van der Waals surface area contributed by atoms with E-state index in [9.17, 15) is 5.11 Å². The Balaban J connectivity index is 2.01. The highest BCUT2D eigenvalue weighted by Gasteiger charge is 2.26. The van der Waals surface area contributed by atoms with Gasteiger partial charge in [0.2, 0.25) is 0 Å². The maximum Gasteiger partial charge on any atom is 0.107 e. The fourth-order valence-electron chi connectivity index (χ4n) is 2.11. The van der Waals surface area contributed by atoms with Gasteiger partial charge in [0.15, 0.2) is 0 Å². The van der Waals surface area contributed by atoms with Crippen LogP contribution in [0.4, 0.5) is 0 Å². The molecule has 0 bridgehead atoms. The number of rotatable bonds is 3. The largest absolute Gasteiger partial charge is 0.394 e. The summed E-state index contributed by atoms with van der Waals surface area (Å²) in [6, 6.07) is 0.379. The van der Waals surface area contributed by atoms with E-state index in [4.69, 9.17) is 9.72 Å². The van der Waals surface area contributed by atoms with E-state index in [0.717, 1.165) is 23.8 Å². The van der Waals surface area contributed by atoms with Crippen molar-refractivity contribution in [2.75, 3.05) is 19.8 Å². The van der Waals surface area contributed by atoms with Crippen LogP contribution in [0.15, 0.2) is 5.38 Å². The van der Waals surface area contributed by atoms with Gasteiger partial charge in [-0.3, -0.25) is 4.90 Å². The minimum absolute atomic E-state index is 0.0572. The smallest absolute Gasteiger partial charge is 0.107 e. The molecule has 0 aliphatic carbocycles. The quantitative estimate of drug-likeness (QED) is 0.922. The lowest BCUT2D eigenvalue weighted by Gasteiger charge is -2.36. The number of aromatic nitrogens is 1. The Morgan fingerprint density at radius 3 is 2.84 bits per heavy atom. The Morgan fingerprint density at radius 1 is 1.53 bits per heavy atom. The first-order valence-corrected chi connectivity index (χ1v) is 7.69. The molecule has 0 spiro atoms. The first-order chi connectivity index (χ1) is 8.90. The first kappa shape index (κ1) is 14.9. The molecule has 1 saturated heterocycles. The predicted octanol–water partition coefficient (Wildman–Crippen LogP) is 2.02. The van der Waals surface area contributed by atoms with E-state index in [1.165, 1.54) is 0 Å². The second kappa shape index (κ2) is 5.87. The van der Waals surface area contributed by atoms with Gasteiger partial charge in [0, 0.05) is 23.4 Å². The minimum atomic E-state index is -0.0572. The zero-order chi connectivity index (χ0) is 14.0. The number of morpholine rings is 1. The minimum Gasteiger partial charge on any atom is -0.394 e. The molecule has 0 aromatic carbocycles. The van der Waals surface area contributed by atoms with Crippen molar-refractivity contribution in [2.45, 2.75) is 51.8 Å². The van der Waals surface area contributed by atoms with Gasteiger partial charge in [0.1, 0.15) is 5.01 Å². The summed E-state index contributed by atoms with van der Waals surface area (Å²) < 4.78 is 5.56.